The smallest absolute Gasteiger partial charge is 0.169 e. The fourth-order valence-electron chi connectivity index (χ4n) is 2.63. The molecule has 2 aromatic rings. The van der Waals surface area contributed by atoms with E-state index in [0.717, 1.165) is 17.7 Å². The number of rotatable bonds is 3. The predicted octanol–water partition coefficient (Wildman–Crippen LogP) is 4.40. The molecule has 0 unspecified atom stereocenters. The molecule has 0 bridgehead atoms. The van der Waals surface area contributed by atoms with Gasteiger partial charge in [0, 0.05) is 12.0 Å². The monoisotopic (exact) mass is 282 g/mol. The van der Waals surface area contributed by atoms with Crippen LogP contribution in [0, 0.1) is 0 Å². The number of hydrogen-bond donors (Lipinski definition) is 0. The van der Waals surface area contributed by atoms with Crippen LogP contribution in [0.5, 0.6) is 17.2 Å². The zero-order chi connectivity index (χ0) is 15.0. The van der Waals surface area contributed by atoms with Crippen molar-refractivity contribution in [2.75, 3.05) is 0 Å². The van der Waals surface area contributed by atoms with E-state index in [2.05, 4.69) is 13.8 Å². The van der Waals surface area contributed by atoms with Crippen LogP contribution in [0.2, 0.25) is 0 Å². The van der Waals surface area contributed by atoms with Gasteiger partial charge in [-0.05, 0) is 39.0 Å². The second kappa shape index (κ2) is 4.92. The van der Waals surface area contributed by atoms with E-state index in [0.29, 0.717) is 17.1 Å². The molecule has 0 aromatic heterocycles. The standard InChI is InChI=1S/C18H18O3/c1-12(19)14-8-4-5-9-15(14)20-16-10-6-7-13-11-18(2,3)21-17(13)16/h4-10H,11H2,1-3H3. The van der Waals surface area contributed by atoms with Crippen molar-refractivity contribution in [1.82, 2.24) is 0 Å². The first-order valence-corrected chi connectivity index (χ1v) is 7.05. The number of ketones is 1. The summed E-state index contributed by atoms with van der Waals surface area (Å²) in [7, 11) is 0. The van der Waals surface area contributed by atoms with Crippen molar-refractivity contribution in [3.63, 3.8) is 0 Å². The fourth-order valence-corrected chi connectivity index (χ4v) is 2.63. The highest BCUT2D eigenvalue weighted by molar-refractivity contribution is 5.96. The SMILES string of the molecule is CC(=O)c1ccccc1Oc1cccc2c1OC(C)(C)C2. The number of fused-ring (bicyclic) bond motifs is 1. The van der Waals surface area contributed by atoms with E-state index in [9.17, 15) is 4.79 Å². The van der Waals surface area contributed by atoms with E-state index in [1.807, 2.05) is 30.3 Å². The molecule has 0 radical (unpaired) electrons. The summed E-state index contributed by atoms with van der Waals surface area (Å²) in [6.45, 7) is 5.65. The summed E-state index contributed by atoms with van der Waals surface area (Å²) in [5, 5.41) is 0. The van der Waals surface area contributed by atoms with Crippen LogP contribution in [0.3, 0.4) is 0 Å². The Labute approximate surface area is 124 Å². The molecule has 2 aromatic carbocycles. The largest absolute Gasteiger partial charge is 0.483 e. The number of carbonyl (C=O) groups is 1. The third kappa shape index (κ3) is 2.64. The van der Waals surface area contributed by atoms with Crippen molar-refractivity contribution < 1.29 is 14.3 Å². The normalized spacial score (nSPS) is 15.2. The highest BCUT2D eigenvalue weighted by atomic mass is 16.5. The number of ether oxygens (including phenoxy) is 2. The number of Topliss-reactive ketones (excluding diaryl/α,β-unsaturated/α-hetero) is 1. The summed E-state index contributed by atoms with van der Waals surface area (Å²) in [4.78, 5) is 11.7. The Bertz CT molecular complexity index is 701. The minimum atomic E-state index is -0.220. The maximum absolute atomic E-state index is 11.7. The van der Waals surface area contributed by atoms with Gasteiger partial charge in [0.15, 0.2) is 17.3 Å². The van der Waals surface area contributed by atoms with E-state index in [1.54, 1.807) is 12.1 Å². The molecular formula is C18H18O3. The molecule has 0 aliphatic carbocycles. The summed E-state index contributed by atoms with van der Waals surface area (Å²) in [5.74, 6) is 1.98. The summed E-state index contributed by atoms with van der Waals surface area (Å²) >= 11 is 0. The molecule has 0 atom stereocenters. The highest BCUT2D eigenvalue weighted by Crippen LogP contribution is 2.43. The maximum atomic E-state index is 11.7. The van der Waals surface area contributed by atoms with E-state index >= 15 is 0 Å². The van der Waals surface area contributed by atoms with Crippen molar-refractivity contribution in [2.45, 2.75) is 32.8 Å². The average molecular weight is 282 g/mol. The number of hydrogen-bond acceptors (Lipinski definition) is 3. The second-order valence-corrected chi connectivity index (χ2v) is 5.94. The first-order chi connectivity index (χ1) is 9.96. The molecule has 0 amide bonds. The Morgan fingerprint density at radius 1 is 1.10 bits per heavy atom. The Kier molecular flexibility index (Phi) is 3.20. The average Bonchev–Trinajstić information content (AvgIpc) is 2.74. The van der Waals surface area contributed by atoms with E-state index < -0.39 is 0 Å². The molecule has 0 saturated carbocycles. The van der Waals surface area contributed by atoms with E-state index in [-0.39, 0.29) is 11.4 Å². The van der Waals surface area contributed by atoms with Crippen LogP contribution in [0.1, 0.15) is 36.7 Å². The van der Waals surface area contributed by atoms with Crippen LogP contribution < -0.4 is 9.47 Å². The first-order valence-electron chi connectivity index (χ1n) is 7.05. The van der Waals surface area contributed by atoms with Gasteiger partial charge in [-0.25, -0.2) is 0 Å². The Hall–Kier alpha value is -2.29. The van der Waals surface area contributed by atoms with Crippen LogP contribution in [0.4, 0.5) is 0 Å². The quantitative estimate of drug-likeness (QED) is 0.783. The van der Waals surface area contributed by atoms with Gasteiger partial charge in [0.05, 0.1) is 5.56 Å². The second-order valence-electron chi connectivity index (χ2n) is 5.94. The Morgan fingerprint density at radius 3 is 2.57 bits per heavy atom. The van der Waals surface area contributed by atoms with E-state index in [4.69, 9.17) is 9.47 Å². The summed E-state index contributed by atoms with van der Waals surface area (Å²) in [6.07, 6.45) is 0.855. The molecule has 0 fully saturated rings. The van der Waals surface area contributed by atoms with Gasteiger partial charge in [0.1, 0.15) is 11.4 Å². The summed E-state index contributed by atoms with van der Waals surface area (Å²) in [6, 6.07) is 13.1. The topological polar surface area (TPSA) is 35.5 Å². The van der Waals surface area contributed by atoms with Gasteiger partial charge in [0.2, 0.25) is 0 Å². The molecule has 3 nitrogen and oxygen atoms in total. The molecule has 21 heavy (non-hydrogen) atoms. The zero-order valence-corrected chi connectivity index (χ0v) is 12.5. The lowest BCUT2D eigenvalue weighted by Gasteiger charge is -2.18. The number of para-hydroxylation sites is 2. The fraction of sp³-hybridized carbons (Fsp3) is 0.278. The molecule has 1 aliphatic heterocycles. The first kappa shape index (κ1) is 13.7. The molecule has 1 aliphatic rings. The molecule has 0 spiro atoms. The molecule has 1 heterocycles. The van der Waals surface area contributed by atoms with Gasteiger partial charge in [-0.15, -0.1) is 0 Å². The predicted molar refractivity (Wildman–Crippen MR) is 81.4 cm³/mol. The Balaban J connectivity index is 1.98. The van der Waals surface area contributed by atoms with Crippen LogP contribution in [0.25, 0.3) is 0 Å². The number of carbonyl (C=O) groups excluding carboxylic acids is 1. The Morgan fingerprint density at radius 2 is 1.81 bits per heavy atom. The van der Waals surface area contributed by atoms with Gasteiger partial charge < -0.3 is 9.47 Å². The van der Waals surface area contributed by atoms with Gasteiger partial charge in [-0.1, -0.05) is 24.3 Å². The van der Waals surface area contributed by atoms with Gasteiger partial charge in [-0.2, -0.15) is 0 Å². The van der Waals surface area contributed by atoms with Crippen LogP contribution in [0.15, 0.2) is 42.5 Å². The van der Waals surface area contributed by atoms with Crippen molar-refractivity contribution in [3.05, 3.63) is 53.6 Å². The maximum Gasteiger partial charge on any atom is 0.169 e. The van der Waals surface area contributed by atoms with Crippen molar-refractivity contribution in [2.24, 2.45) is 0 Å². The highest BCUT2D eigenvalue weighted by Gasteiger charge is 2.32. The van der Waals surface area contributed by atoms with Crippen LogP contribution >= 0.6 is 0 Å². The van der Waals surface area contributed by atoms with Crippen molar-refractivity contribution in [3.8, 4) is 17.2 Å². The number of benzene rings is 2. The summed E-state index contributed by atoms with van der Waals surface area (Å²) in [5.41, 5.74) is 1.49. The molecule has 3 rings (SSSR count). The lowest BCUT2D eigenvalue weighted by atomic mass is 10.0. The lowest BCUT2D eigenvalue weighted by molar-refractivity contribution is 0.101. The molecule has 108 valence electrons. The van der Waals surface area contributed by atoms with E-state index in [1.165, 1.54) is 6.92 Å². The third-order valence-corrected chi connectivity index (χ3v) is 3.54. The minimum absolute atomic E-state index is 0.0144. The van der Waals surface area contributed by atoms with Crippen molar-refractivity contribution in [1.29, 1.82) is 0 Å². The lowest BCUT2D eigenvalue weighted by Crippen LogP contribution is -2.24. The summed E-state index contributed by atoms with van der Waals surface area (Å²) < 4.78 is 11.9. The molecule has 3 heteroatoms. The van der Waals surface area contributed by atoms with Gasteiger partial charge >= 0.3 is 0 Å². The molecule has 0 saturated heterocycles. The molecular weight excluding hydrogens is 264 g/mol. The minimum Gasteiger partial charge on any atom is -0.483 e. The van der Waals surface area contributed by atoms with Crippen LogP contribution in [-0.4, -0.2) is 11.4 Å². The third-order valence-electron chi connectivity index (χ3n) is 3.54. The van der Waals surface area contributed by atoms with Crippen LogP contribution in [-0.2, 0) is 6.42 Å². The zero-order valence-electron chi connectivity index (χ0n) is 12.5. The van der Waals surface area contributed by atoms with Gasteiger partial charge in [-0.3, -0.25) is 4.79 Å². The molecule has 0 N–H and O–H groups in total. The van der Waals surface area contributed by atoms with Crippen molar-refractivity contribution >= 4 is 5.78 Å². The van der Waals surface area contributed by atoms with Gasteiger partial charge in [0.25, 0.3) is 0 Å².